The number of aliphatic carboxylic acids is 1. The molecule has 1 saturated heterocycles. The lowest BCUT2D eigenvalue weighted by Gasteiger charge is -2.36. The second-order valence-corrected chi connectivity index (χ2v) is 7.73. The van der Waals surface area contributed by atoms with E-state index in [2.05, 4.69) is 4.90 Å². The standard InChI is InChI=1S/C18H28N2O3/c1-17(2,11-16(21)22)12-7-8-14(13(19)10-12)20-9-5-6-15(20)18(3,4)23/h7-8,10,15,23H,5-6,9,11,19H2,1-4H3,(H,21,22). The fourth-order valence-electron chi connectivity index (χ4n) is 3.51. The summed E-state index contributed by atoms with van der Waals surface area (Å²) in [6.07, 6.45) is 2.03. The van der Waals surface area contributed by atoms with Gasteiger partial charge in [-0.25, -0.2) is 0 Å². The van der Waals surface area contributed by atoms with Crippen molar-refractivity contribution in [3.05, 3.63) is 23.8 Å². The van der Waals surface area contributed by atoms with Gasteiger partial charge >= 0.3 is 5.97 Å². The molecule has 0 radical (unpaired) electrons. The first-order valence-electron chi connectivity index (χ1n) is 8.13. The van der Waals surface area contributed by atoms with E-state index in [1.165, 1.54) is 0 Å². The summed E-state index contributed by atoms with van der Waals surface area (Å²) in [7, 11) is 0. The SMILES string of the molecule is CC(C)(CC(=O)O)c1ccc(N2CCCC2C(C)(C)O)c(N)c1. The van der Waals surface area contributed by atoms with E-state index in [4.69, 9.17) is 10.8 Å². The first-order chi connectivity index (χ1) is 10.5. The van der Waals surface area contributed by atoms with Gasteiger partial charge in [-0.15, -0.1) is 0 Å². The van der Waals surface area contributed by atoms with Gasteiger partial charge in [0.15, 0.2) is 0 Å². The van der Waals surface area contributed by atoms with Gasteiger partial charge in [0, 0.05) is 12.0 Å². The van der Waals surface area contributed by atoms with Crippen molar-refractivity contribution in [1.82, 2.24) is 0 Å². The fraction of sp³-hybridized carbons (Fsp3) is 0.611. The van der Waals surface area contributed by atoms with Crippen molar-refractivity contribution in [2.45, 2.75) is 64.0 Å². The quantitative estimate of drug-likeness (QED) is 0.726. The van der Waals surface area contributed by atoms with Gasteiger partial charge in [-0.3, -0.25) is 4.79 Å². The molecule has 1 aromatic carbocycles. The number of anilines is 2. The van der Waals surface area contributed by atoms with Crippen LogP contribution < -0.4 is 10.6 Å². The molecule has 1 unspecified atom stereocenters. The lowest BCUT2D eigenvalue weighted by Crippen LogP contribution is -2.46. The number of hydrogen-bond acceptors (Lipinski definition) is 4. The molecule has 0 saturated carbocycles. The van der Waals surface area contributed by atoms with Crippen LogP contribution in [0.2, 0.25) is 0 Å². The average Bonchev–Trinajstić information content (AvgIpc) is 2.85. The van der Waals surface area contributed by atoms with E-state index in [9.17, 15) is 9.90 Å². The van der Waals surface area contributed by atoms with Crippen LogP contribution >= 0.6 is 0 Å². The summed E-state index contributed by atoms with van der Waals surface area (Å²) >= 11 is 0. The summed E-state index contributed by atoms with van der Waals surface area (Å²) in [6.45, 7) is 8.35. The zero-order valence-corrected chi connectivity index (χ0v) is 14.5. The third-order valence-corrected chi connectivity index (χ3v) is 4.78. The van der Waals surface area contributed by atoms with Crippen molar-refractivity contribution in [2.24, 2.45) is 0 Å². The minimum atomic E-state index is -0.820. The second kappa shape index (κ2) is 6.04. The zero-order chi connectivity index (χ0) is 17.4. The molecule has 0 aromatic heterocycles. The molecular weight excluding hydrogens is 292 g/mol. The summed E-state index contributed by atoms with van der Waals surface area (Å²) < 4.78 is 0. The number of nitrogens with zero attached hydrogens (tertiary/aromatic N) is 1. The van der Waals surface area contributed by atoms with Crippen molar-refractivity contribution < 1.29 is 15.0 Å². The molecule has 1 aliphatic heterocycles. The second-order valence-electron chi connectivity index (χ2n) is 7.73. The summed E-state index contributed by atoms with van der Waals surface area (Å²) in [5.41, 5.74) is 7.48. The Morgan fingerprint density at radius 2 is 2.00 bits per heavy atom. The third kappa shape index (κ3) is 3.78. The highest BCUT2D eigenvalue weighted by Gasteiger charge is 2.37. The van der Waals surface area contributed by atoms with Crippen LogP contribution in [0.25, 0.3) is 0 Å². The Balaban J connectivity index is 2.31. The number of hydrogen-bond donors (Lipinski definition) is 3. The Hall–Kier alpha value is -1.75. The van der Waals surface area contributed by atoms with Gasteiger partial charge < -0.3 is 20.8 Å². The maximum absolute atomic E-state index is 11.0. The number of rotatable bonds is 5. The number of carboxylic acids is 1. The van der Waals surface area contributed by atoms with E-state index >= 15 is 0 Å². The van der Waals surface area contributed by atoms with Crippen LogP contribution in [0.4, 0.5) is 11.4 Å². The molecule has 2 rings (SSSR count). The molecule has 5 nitrogen and oxygen atoms in total. The molecule has 1 atom stereocenters. The van der Waals surface area contributed by atoms with Gasteiger partial charge in [0.2, 0.25) is 0 Å². The molecule has 1 fully saturated rings. The highest BCUT2D eigenvalue weighted by molar-refractivity contribution is 5.72. The van der Waals surface area contributed by atoms with Gasteiger partial charge in [-0.2, -0.15) is 0 Å². The van der Waals surface area contributed by atoms with Crippen LogP contribution in [0.15, 0.2) is 18.2 Å². The van der Waals surface area contributed by atoms with E-state index < -0.39 is 17.0 Å². The van der Waals surface area contributed by atoms with Crippen molar-refractivity contribution >= 4 is 17.3 Å². The number of aliphatic hydroxyl groups is 1. The molecule has 1 aromatic rings. The molecule has 1 aliphatic rings. The van der Waals surface area contributed by atoms with Crippen molar-refractivity contribution in [3.8, 4) is 0 Å². The Kier molecular flexibility index (Phi) is 4.62. The lowest BCUT2D eigenvalue weighted by molar-refractivity contribution is -0.138. The predicted octanol–water partition coefficient (Wildman–Crippen LogP) is 2.76. The van der Waals surface area contributed by atoms with Crippen LogP contribution in [0.5, 0.6) is 0 Å². The van der Waals surface area contributed by atoms with Crippen molar-refractivity contribution in [3.63, 3.8) is 0 Å². The molecule has 0 amide bonds. The largest absolute Gasteiger partial charge is 0.481 e. The zero-order valence-electron chi connectivity index (χ0n) is 14.5. The number of carboxylic acid groups (broad SMARTS) is 1. The minimum Gasteiger partial charge on any atom is -0.481 e. The van der Waals surface area contributed by atoms with E-state index in [0.29, 0.717) is 5.69 Å². The van der Waals surface area contributed by atoms with Gasteiger partial charge in [-0.05, 0) is 44.4 Å². The molecule has 128 valence electrons. The number of benzene rings is 1. The molecular formula is C18H28N2O3. The molecule has 0 spiro atoms. The minimum absolute atomic E-state index is 0.0441. The number of nitrogen functional groups attached to an aromatic ring is 1. The van der Waals surface area contributed by atoms with Crippen LogP contribution in [-0.4, -0.2) is 34.4 Å². The van der Waals surface area contributed by atoms with E-state index in [1.807, 2.05) is 45.9 Å². The van der Waals surface area contributed by atoms with Gasteiger partial charge in [0.1, 0.15) is 0 Å². The van der Waals surface area contributed by atoms with Crippen molar-refractivity contribution in [1.29, 1.82) is 0 Å². The maximum atomic E-state index is 11.0. The maximum Gasteiger partial charge on any atom is 0.304 e. The fourth-order valence-corrected chi connectivity index (χ4v) is 3.51. The van der Waals surface area contributed by atoms with E-state index in [-0.39, 0.29) is 12.5 Å². The number of carbonyl (C=O) groups is 1. The van der Waals surface area contributed by atoms with Crippen LogP contribution in [0.3, 0.4) is 0 Å². The topological polar surface area (TPSA) is 86.8 Å². The van der Waals surface area contributed by atoms with Crippen LogP contribution in [-0.2, 0) is 10.2 Å². The van der Waals surface area contributed by atoms with Gasteiger partial charge in [0.05, 0.1) is 29.4 Å². The van der Waals surface area contributed by atoms with Crippen molar-refractivity contribution in [2.75, 3.05) is 17.2 Å². The molecule has 4 N–H and O–H groups in total. The third-order valence-electron chi connectivity index (χ3n) is 4.78. The summed E-state index contributed by atoms with van der Waals surface area (Å²) in [6, 6.07) is 5.83. The predicted molar refractivity (Wildman–Crippen MR) is 92.8 cm³/mol. The first kappa shape index (κ1) is 17.6. The number of nitrogens with two attached hydrogens (primary N) is 1. The van der Waals surface area contributed by atoms with E-state index in [0.717, 1.165) is 30.6 Å². The molecule has 1 heterocycles. The van der Waals surface area contributed by atoms with Gasteiger partial charge in [0.25, 0.3) is 0 Å². The van der Waals surface area contributed by atoms with Gasteiger partial charge in [-0.1, -0.05) is 19.9 Å². The van der Waals surface area contributed by atoms with Crippen LogP contribution in [0, 0.1) is 0 Å². The molecule has 5 heteroatoms. The molecule has 23 heavy (non-hydrogen) atoms. The highest BCUT2D eigenvalue weighted by atomic mass is 16.4. The smallest absolute Gasteiger partial charge is 0.304 e. The monoisotopic (exact) mass is 320 g/mol. The summed E-state index contributed by atoms with van der Waals surface area (Å²) in [4.78, 5) is 13.2. The lowest BCUT2D eigenvalue weighted by atomic mass is 9.81. The van der Waals surface area contributed by atoms with Crippen LogP contribution in [0.1, 0.15) is 52.5 Å². The summed E-state index contributed by atoms with van der Waals surface area (Å²) in [5.74, 6) is -0.820. The normalized spacial score (nSPS) is 19.2. The Labute approximate surface area is 138 Å². The highest BCUT2D eigenvalue weighted by Crippen LogP contribution is 2.37. The molecule has 0 bridgehead atoms. The Bertz CT molecular complexity index is 590. The average molecular weight is 320 g/mol. The first-order valence-corrected chi connectivity index (χ1v) is 8.13. The summed E-state index contributed by atoms with van der Waals surface area (Å²) in [5, 5.41) is 19.4. The Morgan fingerprint density at radius 1 is 1.35 bits per heavy atom. The van der Waals surface area contributed by atoms with E-state index in [1.54, 1.807) is 0 Å². The Morgan fingerprint density at radius 3 is 2.52 bits per heavy atom. The molecule has 0 aliphatic carbocycles.